The molecule has 3 heteroatoms. The molecule has 0 fully saturated rings. The predicted octanol–water partition coefficient (Wildman–Crippen LogP) is 0.0948. The van der Waals surface area contributed by atoms with E-state index in [0.717, 1.165) is 25.1 Å². The van der Waals surface area contributed by atoms with Crippen molar-refractivity contribution in [1.82, 2.24) is 5.32 Å². The minimum absolute atomic E-state index is 0.605. The van der Waals surface area contributed by atoms with Crippen molar-refractivity contribution in [3.8, 4) is 0 Å². The van der Waals surface area contributed by atoms with Crippen molar-refractivity contribution in [2.75, 3.05) is 18.8 Å². The molecule has 0 radical (unpaired) electrons. The van der Waals surface area contributed by atoms with Gasteiger partial charge in [0.25, 0.3) is 0 Å². The Hall–Kier alpha value is -0.0200. The monoisotopic (exact) mass is 133 g/mol. The van der Waals surface area contributed by atoms with Crippen LogP contribution in [0.5, 0.6) is 0 Å². The van der Waals surface area contributed by atoms with Crippen LogP contribution in [0.15, 0.2) is 0 Å². The van der Waals surface area contributed by atoms with Crippen molar-refractivity contribution < 1.29 is 4.79 Å². The summed E-state index contributed by atoms with van der Waals surface area (Å²) in [4.78, 5) is 9.71. The molecular formula is C5H11NOS. The molecule has 0 aromatic rings. The summed E-state index contributed by atoms with van der Waals surface area (Å²) in [6.07, 6.45) is 1.51. The molecule has 2 nitrogen and oxygen atoms in total. The maximum atomic E-state index is 9.71. The van der Waals surface area contributed by atoms with E-state index >= 15 is 0 Å². The van der Waals surface area contributed by atoms with Gasteiger partial charge in [0.15, 0.2) is 0 Å². The normalized spacial score (nSPS) is 9.12. The van der Waals surface area contributed by atoms with Crippen LogP contribution in [0.1, 0.15) is 6.42 Å². The van der Waals surface area contributed by atoms with Crippen molar-refractivity contribution in [2.45, 2.75) is 6.42 Å². The number of nitrogens with one attached hydrogen (secondary N) is 1. The van der Waals surface area contributed by atoms with E-state index in [9.17, 15) is 4.79 Å². The van der Waals surface area contributed by atoms with Gasteiger partial charge < -0.3 is 10.1 Å². The smallest absolute Gasteiger partial charge is 0.121 e. The predicted molar refractivity (Wildman–Crippen MR) is 37.4 cm³/mol. The molecule has 0 aliphatic rings. The molecular weight excluding hydrogens is 122 g/mol. The molecule has 1 N–H and O–H groups in total. The molecule has 0 heterocycles. The summed E-state index contributed by atoms with van der Waals surface area (Å²) in [6.45, 7) is 1.67. The molecule has 0 aliphatic heterocycles. The molecule has 0 saturated heterocycles. The Balaban J connectivity index is 2.62. The van der Waals surface area contributed by atoms with Gasteiger partial charge in [0.2, 0.25) is 0 Å². The second-order valence-corrected chi connectivity index (χ2v) is 1.88. The van der Waals surface area contributed by atoms with Crippen molar-refractivity contribution in [3.05, 3.63) is 0 Å². The summed E-state index contributed by atoms with van der Waals surface area (Å²) < 4.78 is 0. The summed E-state index contributed by atoms with van der Waals surface area (Å²) in [6, 6.07) is 0. The Labute approximate surface area is 55.1 Å². The summed E-state index contributed by atoms with van der Waals surface area (Å²) >= 11 is 3.97. The van der Waals surface area contributed by atoms with Gasteiger partial charge >= 0.3 is 0 Å². The van der Waals surface area contributed by atoms with E-state index in [1.807, 2.05) is 0 Å². The van der Waals surface area contributed by atoms with E-state index in [1.165, 1.54) is 0 Å². The number of hydrogen-bond acceptors (Lipinski definition) is 3. The van der Waals surface area contributed by atoms with Gasteiger partial charge in [-0.1, -0.05) is 0 Å². The first-order chi connectivity index (χ1) is 3.91. The van der Waals surface area contributed by atoms with E-state index in [0.29, 0.717) is 6.42 Å². The van der Waals surface area contributed by atoms with Crippen LogP contribution in [-0.2, 0) is 4.79 Å². The third-order valence-corrected chi connectivity index (χ3v) is 0.951. The second kappa shape index (κ2) is 6.98. The number of thiol groups is 1. The van der Waals surface area contributed by atoms with Gasteiger partial charge in [-0.15, -0.1) is 0 Å². The number of aldehydes is 1. The molecule has 0 amide bonds. The van der Waals surface area contributed by atoms with Crippen molar-refractivity contribution in [1.29, 1.82) is 0 Å². The molecule has 0 aromatic carbocycles. The number of carbonyl (C=O) groups excluding carboxylic acids is 1. The van der Waals surface area contributed by atoms with Crippen LogP contribution in [0.4, 0.5) is 0 Å². The topological polar surface area (TPSA) is 29.1 Å². The van der Waals surface area contributed by atoms with Crippen LogP contribution in [0.2, 0.25) is 0 Å². The number of carbonyl (C=O) groups is 1. The van der Waals surface area contributed by atoms with Gasteiger partial charge in [-0.2, -0.15) is 12.6 Å². The van der Waals surface area contributed by atoms with Gasteiger partial charge in [0.05, 0.1) is 0 Å². The second-order valence-electron chi connectivity index (χ2n) is 1.43. The molecule has 0 aliphatic carbocycles. The highest BCUT2D eigenvalue weighted by atomic mass is 32.1. The Morgan fingerprint density at radius 2 is 2.25 bits per heavy atom. The Bertz CT molecular complexity index is 58.4. The highest BCUT2D eigenvalue weighted by Crippen LogP contribution is 1.69. The third kappa shape index (κ3) is 5.98. The van der Waals surface area contributed by atoms with Crippen LogP contribution in [0, 0.1) is 0 Å². The third-order valence-electron chi connectivity index (χ3n) is 0.728. The Kier molecular flexibility index (Phi) is 6.96. The molecule has 0 aromatic heterocycles. The lowest BCUT2D eigenvalue weighted by Crippen LogP contribution is -2.17. The molecule has 0 rings (SSSR count). The van der Waals surface area contributed by atoms with Crippen molar-refractivity contribution >= 4 is 18.9 Å². The molecule has 0 spiro atoms. The quantitative estimate of drug-likeness (QED) is 0.316. The molecule has 0 atom stereocenters. The minimum atomic E-state index is 0.605. The van der Waals surface area contributed by atoms with Crippen LogP contribution < -0.4 is 5.32 Å². The first-order valence-electron chi connectivity index (χ1n) is 2.67. The SMILES string of the molecule is O=CCCNCCS. The van der Waals surface area contributed by atoms with Crippen LogP contribution in [-0.4, -0.2) is 25.1 Å². The largest absolute Gasteiger partial charge is 0.315 e. The number of rotatable bonds is 5. The molecule has 0 unspecified atom stereocenters. The van der Waals surface area contributed by atoms with Gasteiger partial charge in [-0.25, -0.2) is 0 Å². The Morgan fingerprint density at radius 1 is 1.50 bits per heavy atom. The summed E-state index contributed by atoms with van der Waals surface area (Å²) in [7, 11) is 0. The van der Waals surface area contributed by atoms with Crippen molar-refractivity contribution in [3.63, 3.8) is 0 Å². The molecule has 0 bridgehead atoms. The molecule has 48 valence electrons. The van der Waals surface area contributed by atoms with E-state index in [-0.39, 0.29) is 0 Å². The maximum Gasteiger partial charge on any atom is 0.121 e. The highest BCUT2D eigenvalue weighted by Gasteiger charge is 1.80. The number of hydrogen-bond donors (Lipinski definition) is 2. The zero-order chi connectivity index (χ0) is 6.24. The van der Waals surface area contributed by atoms with Crippen LogP contribution in [0.25, 0.3) is 0 Å². The maximum absolute atomic E-state index is 9.71. The lowest BCUT2D eigenvalue weighted by Gasteiger charge is -1.94. The fraction of sp³-hybridized carbons (Fsp3) is 0.800. The Morgan fingerprint density at radius 3 is 2.75 bits per heavy atom. The van der Waals surface area contributed by atoms with Gasteiger partial charge in [-0.05, 0) is 0 Å². The standard InChI is InChI=1S/C5H11NOS/c7-4-1-2-6-3-5-8/h4,6,8H,1-3,5H2. The van der Waals surface area contributed by atoms with E-state index in [4.69, 9.17) is 0 Å². The van der Waals surface area contributed by atoms with Crippen LogP contribution >= 0.6 is 12.6 Å². The van der Waals surface area contributed by atoms with Gasteiger partial charge in [0, 0.05) is 25.3 Å². The minimum Gasteiger partial charge on any atom is -0.315 e. The first kappa shape index (κ1) is 7.98. The summed E-state index contributed by atoms with van der Waals surface area (Å²) in [5, 5.41) is 3.03. The first-order valence-corrected chi connectivity index (χ1v) is 3.30. The zero-order valence-corrected chi connectivity index (χ0v) is 5.66. The fourth-order valence-electron chi connectivity index (χ4n) is 0.365. The lowest BCUT2D eigenvalue weighted by molar-refractivity contribution is -0.107. The highest BCUT2D eigenvalue weighted by molar-refractivity contribution is 7.80. The van der Waals surface area contributed by atoms with Gasteiger partial charge in [-0.3, -0.25) is 0 Å². The average Bonchev–Trinajstić information content (AvgIpc) is 1.81. The van der Waals surface area contributed by atoms with E-state index in [2.05, 4.69) is 17.9 Å². The summed E-state index contributed by atoms with van der Waals surface area (Å²) in [5.41, 5.74) is 0. The fourth-order valence-corrected chi connectivity index (χ4v) is 0.523. The lowest BCUT2D eigenvalue weighted by atomic mass is 10.5. The van der Waals surface area contributed by atoms with E-state index in [1.54, 1.807) is 0 Å². The van der Waals surface area contributed by atoms with Crippen molar-refractivity contribution in [2.24, 2.45) is 0 Å². The molecule has 8 heavy (non-hydrogen) atoms. The summed E-state index contributed by atoms with van der Waals surface area (Å²) in [5.74, 6) is 0.832. The molecule has 0 saturated carbocycles. The zero-order valence-electron chi connectivity index (χ0n) is 4.76. The van der Waals surface area contributed by atoms with Crippen LogP contribution in [0.3, 0.4) is 0 Å². The average molecular weight is 133 g/mol. The van der Waals surface area contributed by atoms with Gasteiger partial charge in [0.1, 0.15) is 6.29 Å². The van der Waals surface area contributed by atoms with E-state index < -0.39 is 0 Å².